The average molecular weight is 259 g/mol. The number of halogens is 1. The molecule has 3 aromatic heterocycles. The molecule has 18 heavy (non-hydrogen) atoms. The van der Waals surface area contributed by atoms with E-state index in [-0.39, 0.29) is 5.28 Å². The third-order valence-electron chi connectivity index (χ3n) is 2.24. The maximum Gasteiger partial charge on any atom is 0.252 e. The summed E-state index contributed by atoms with van der Waals surface area (Å²) in [6.07, 6.45) is 6.63. The molecule has 0 spiro atoms. The van der Waals surface area contributed by atoms with Crippen molar-refractivity contribution < 1.29 is 0 Å². The Morgan fingerprint density at radius 2 is 1.89 bits per heavy atom. The molecule has 7 heteroatoms. The number of aromatic nitrogens is 6. The molecule has 0 radical (unpaired) electrons. The molecule has 0 aliphatic carbocycles. The van der Waals surface area contributed by atoms with E-state index in [1.54, 1.807) is 30.9 Å². The molecule has 88 valence electrons. The minimum atomic E-state index is 0.140. The van der Waals surface area contributed by atoms with Crippen LogP contribution in [0.25, 0.3) is 17.3 Å². The highest BCUT2D eigenvalue weighted by molar-refractivity contribution is 6.28. The number of nitrogens with zero attached hydrogens (tertiary/aromatic N) is 6. The van der Waals surface area contributed by atoms with Crippen LogP contribution in [0.3, 0.4) is 0 Å². The summed E-state index contributed by atoms with van der Waals surface area (Å²) in [4.78, 5) is 16.4. The molecular weight excluding hydrogens is 252 g/mol. The first-order chi connectivity index (χ1) is 8.84. The fraction of sp³-hybridized carbons (Fsp3) is 0. The molecule has 0 amide bonds. The Morgan fingerprint density at radius 3 is 2.61 bits per heavy atom. The summed E-state index contributed by atoms with van der Waals surface area (Å²) in [5.41, 5.74) is 0.796. The predicted molar refractivity (Wildman–Crippen MR) is 65.2 cm³/mol. The minimum Gasteiger partial charge on any atom is -0.264 e. The van der Waals surface area contributed by atoms with E-state index < -0.39 is 0 Å². The van der Waals surface area contributed by atoms with Crippen LogP contribution in [0.15, 0.2) is 43.0 Å². The van der Waals surface area contributed by atoms with Crippen LogP contribution in [-0.4, -0.2) is 29.7 Å². The largest absolute Gasteiger partial charge is 0.264 e. The zero-order valence-corrected chi connectivity index (χ0v) is 9.86. The van der Waals surface area contributed by atoms with Crippen molar-refractivity contribution in [3.8, 4) is 17.3 Å². The van der Waals surface area contributed by atoms with Gasteiger partial charge in [0.05, 0.1) is 0 Å². The lowest BCUT2D eigenvalue weighted by molar-refractivity contribution is 0.813. The summed E-state index contributed by atoms with van der Waals surface area (Å²) in [7, 11) is 0. The van der Waals surface area contributed by atoms with E-state index in [0.717, 1.165) is 5.56 Å². The monoisotopic (exact) mass is 258 g/mol. The van der Waals surface area contributed by atoms with Crippen LogP contribution < -0.4 is 0 Å². The molecule has 0 aromatic carbocycles. The van der Waals surface area contributed by atoms with Gasteiger partial charge in [-0.1, -0.05) is 0 Å². The van der Waals surface area contributed by atoms with Gasteiger partial charge < -0.3 is 0 Å². The van der Waals surface area contributed by atoms with Crippen LogP contribution in [0, 0.1) is 0 Å². The third kappa shape index (κ3) is 1.93. The van der Waals surface area contributed by atoms with Crippen molar-refractivity contribution in [2.75, 3.05) is 0 Å². The molecule has 3 rings (SSSR count). The lowest BCUT2D eigenvalue weighted by Gasteiger charge is -2.02. The fourth-order valence-electron chi connectivity index (χ4n) is 1.51. The predicted octanol–water partition coefficient (Wildman–Crippen LogP) is 1.77. The van der Waals surface area contributed by atoms with E-state index in [4.69, 9.17) is 11.6 Å². The average Bonchev–Trinajstić information content (AvgIpc) is 2.83. The molecule has 0 N–H and O–H groups in total. The summed E-state index contributed by atoms with van der Waals surface area (Å²) in [5.74, 6) is 0.968. The molecule has 0 aliphatic heterocycles. The normalized spacial score (nSPS) is 10.5. The first-order valence-corrected chi connectivity index (χ1v) is 5.53. The van der Waals surface area contributed by atoms with E-state index in [1.165, 1.54) is 4.68 Å². The van der Waals surface area contributed by atoms with Gasteiger partial charge in [-0.3, -0.25) is 4.98 Å². The van der Waals surface area contributed by atoms with Gasteiger partial charge in [0.2, 0.25) is 5.28 Å². The highest BCUT2D eigenvalue weighted by Crippen LogP contribution is 2.19. The quantitative estimate of drug-likeness (QED) is 0.701. The second kappa shape index (κ2) is 4.50. The number of pyridine rings is 1. The molecule has 0 aliphatic rings. The van der Waals surface area contributed by atoms with Gasteiger partial charge in [-0.15, -0.1) is 5.10 Å². The van der Waals surface area contributed by atoms with E-state index in [9.17, 15) is 0 Å². The minimum absolute atomic E-state index is 0.140. The van der Waals surface area contributed by atoms with Gasteiger partial charge in [0, 0.05) is 30.4 Å². The van der Waals surface area contributed by atoms with Gasteiger partial charge in [-0.05, 0) is 29.8 Å². The topological polar surface area (TPSA) is 69.4 Å². The zero-order chi connectivity index (χ0) is 12.4. The Kier molecular flexibility index (Phi) is 2.70. The van der Waals surface area contributed by atoms with Gasteiger partial charge in [0.15, 0.2) is 5.82 Å². The van der Waals surface area contributed by atoms with Crippen molar-refractivity contribution >= 4 is 11.6 Å². The van der Waals surface area contributed by atoms with Gasteiger partial charge in [-0.25, -0.2) is 9.97 Å². The zero-order valence-electron chi connectivity index (χ0n) is 9.10. The van der Waals surface area contributed by atoms with Crippen molar-refractivity contribution in [2.45, 2.75) is 0 Å². The lowest BCUT2D eigenvalue weighted by Crippen LogP contribution is -2.04. The Hall–Kier alpha value is -2.34. The standard InChI is InChI=1S/C11H7ClN6/c12-10-16-9(8-3-1-4-13-7-8)18(17-10)11-14-5-2-6-15-11/h1-7H. The van der Waals surface area contributed by atoms with Crippen LogP contribution in [0.2, 0.25) is 5.28 Å². The highest BCUT2D eigenvalue weighted by Gasteiger charge is 2.13. The summed E-state index contributed by atoms with van der Waals surface area (Å²) in [5, 5.41) is 4.22. The molecule has 0 unspecified atom stereocenters. The van der Waals surface area contributed by atoms with Gasteiger partial charge in [-0.2, -0.15) is 9.67 Å². The summed E-state index contributed by atoms with van der Waals surface area (Å²) >= 11 is 5.85. The Bertz CT molecular complexity index is 595. The molecule has 6 nitrogen and oxygen atoms in total. The maximum absolute atomic E-state index is 5.85. The van der Waals surface area contributed by atoms with Crippen molar-refractivity contribution in [2.24, 2.45) is 0 Å². The van der Waals surface area contributed by atoms with E-state index in [1.807, 2.05) is 12.1 Å². The second-order valence-electron chi connectivity index (χ2n) is 3.41. The summed E-state index contributed by atoms with van der Waals surface area (Å²) in [6.45, 7) is 0. The fourth-order valence-corrected chi connectivity index (χ4v) is 1.66. The smallest absolute Gasteiger partial charge is 0.252 e. The van der Waals surface area contributed by atoms with Crippen LogP contribution in [0.1, 0.15) is 0 Å². The van der Waals surface area contributed by atoms with E-state index >= 15 is 0 Å². The van der Waals surface area contributed by atoms with Gasteiger partial charge in [0.1, 0.15) is 0 Å². The van der Waals surface area contributed by atoms with Crippen molar-refractivity contribution in [3.63, 3.8) is 0 Å². The molecular formula is C11H7ClN6. The highest BCUT2D eigenvalue weighted by atomic mass is 35.5. The lowest BCUT2D eigenvalue weighted by atomic mass is 10.3. The summed E-state index contributed by atoms with van der Waals surface area (Å²) < 4.78 is 1.49. The molecule has 3 heterocycles. The number of hydrogen-bond acceptors (Lipinski definition) is 5. The van der Waals surface area contributed by atoms with Crippen molar-refractivity contribution in [3.05, 3.63) is 48.3 Å². The third-order valence-corrected chi connectivity index (χ3v) is 2.40. The Labute approximate surface area is 107 Å². The van der Waals surface area contributed by atoms with Crippen LogP contribution in [0.5, 0.6) is 0 Å². The Morgan fingerprint density at radius 1 is 1.06 bits per heavy atom. The molecule has 0 atom stereocenters. The van der Waals surface area contributed by atoms with Gasteiger partial charge >= 0.3 is 0 Å². The van der Waals surface area contributed by atoms with Crippen LogP contribution in [0.4, 0.5) is 0 Å². The number of rotatable bonds is 2. The SMILES string of the molecule is Clc1nc(-c2cccnc2)n(-c2ncccn2)n1. The molecule has 0 saturated heterocycles. The van der Waals surface area contributed by atoms with E-state index in [2.05, 4.69) is 25.0 Å². The summed E-state index contributed by atoms with van der Waals surface area (Å²) in [6, 6.07) is 5.41. The van der Waals surface area contributed by atoms with Crippen molar-refractivity contribution in [1.82, 2.24) is 29.7 Å². The molecule has 0 fully saturated rings. The maximum atomic E-state index is 5.85. The molecule has 3 aromatic rings. The van der Waals surface area contributed by atoms with E-state index in [0.29, 0.717) is 11.8 Å². The van der Waals surface area contributed by atoms with Crippen LogP contribution in [-0.2, 0) is 0 Å². The Balaban J connectivity index is 2.17. The number of hydrogen-bond donors (Lipinski definition) is 0. The molecule has 0 bridgehead atoms. The first-order valence-electron chi connectivity index (χ1n) is 5.15. The van der Waals surface area contributed by atoms with Crippen LogP contribution >= 0.6 is 11.6 Å². The second-order valence-corrected chi connectivity index (χ2v) is 3.74. The van der Waals surface area contributed by atoms with Gasteiger partial charge in [0.25, 0.3) is 5.95 Å². The molecule has 0 saturated carbocycles. The van der Waals surface area contributed by atoms with Crippen molar-refractivity contribution in [1.29, 1.82) is 0 Å². The first kappa shape index (κ1) is 10.8.